The molecule has 0 bridgehead atoms. The molecule has 0 heterocycles. The molecule has 2 heteroatoms. The van der Waals surface area contributed by atoms with E-state index in [4.69, 9.17) is 4.74 Å². The molecular weight excluding hydrogens is 140 g/mol. The van der Waals surface area contributed by atoms with Gasteiger partial charge in [-0.2, -0.15) is 0 Å². The van der Waals surface area contributed by atoms with Gasteiger partial charge < -0.3 is 4.74 Å². The van der Waals surface area contributed by atoms with Crippen LogP contribution in [0.2, 0.25) is 0 Å². The van der Waals surface area contributed by atoms with Crippen LogP contribution >= 0.6 is 0 Å². The van der Waals surface area contributed by atoms with Gasteiger partial charge in [-0.25, -0.2) is 0 Å². The molecule has 0 spiro atoms. The maximum atomic E-state index is 11.2. The Morgan fingerprint density at radius 1 is 1.36 bits per heavy atom. The van der Waals surface area contributed by atoms with Gasteiger partial charge in [-0.1, -0.05) is 13.3 Å². The van der Waals surface area contributed by atoms with E-state index < -0.39 is 0 Å². The topological polar surface area (TPSA) is 26.3 Å². The Hall–Kier alpha value is -0.530. The third-order valence-corrected chi connectivity index (χ3v) is 1.70. The summed E-state index contributed by atoms with van der Waals surface area (Å²) in [5, 5.41) is 0. The molecule has 0 saturated heterocycles. The van der Waals surface area contributed by atoms with Crippen molar-refractivity contribution in [2.75, 3.05) is 6.61 Å². The minimum absolute atomic E-state index is 0.0816. The molecule has 0 aromatic carbocycles. The van der Waals surface area contributed by atoms with Crippen molar-refractivity contribution < 1.29 is 9.53 Å². The first-order valence-corrected chi connectivity index (χ1v) is 4.21. The molecule has 0 N–H and O–H groups in total. The van der Waals surface area contributed by atoms with E-state index in [0.717, 1.165) is 12.8 Å². The van der Waals surface area contributed by atoms with Crippen molar-refractivity contribution in [3.8, 4) is 0 Å². The zero-order valence-electron chi connectivity index (χ0n) is 7.94. The Balaban J connectivity index is 3.94. The Kier molecular flexibility index (Phi) is 4.16. The third kappa shape index (κ3) is 3.40. The molecule has 0 amide bonds. The van der Waals surface area contributed by atoms with Gasteiger partial charge in [-0.05, 0) is 27.2 Å². The van der Waals surface area contributed by atoms with Crippen molar-refractivity contribution in [2.24, 2.45) is 5.41 Å². The van der Waals surface area contributed by atoms with Gasteiger partial charge in [-0.15, -0.1) is 0 Å². The first-order chi connectivity index (χ1) is 5.04. The molecule has 0 aromatic rings. The van der Waals surface area contributed by atoms with Gasteiger partial charge in [0.15, 0.2) is 0 Å². The summed E-state index contributed by atoms with van der Waals surface area (Å²) < 4.78 is 4.92. The van der Waals surface area contributed by atoms with Crippen molar-refractivity contribution in [3.05, 3.63) is 0 Å². The van der Waals surface area contributed by atoms with Gasteiger partial charge in [0.25, 0.3) is 0 Å². The van der Waals surface area contributed by atoms with Crippen molar-refractivity contribution in [1.29, 1.82) is 0 Å². The van der Waals surface area contributed by atoms with Gasteiger partial charge in [0.05, 0.1) is 12.0 Å². The molecule has 0 unspecified atom stereocenters. The Labute approximate surface area is 68.9 Å². The van der Waals surface area contributed by atoms with Crippen LogP contribution in [0.3, 0.4) is 0 Å². The highest BCUT2D eigenvalue weighted by Gasteiger charge is 2.27. The lowest BCUT2D eigenvalue weighted by atomic mass is 9.88. The third-order valence-electron chi connectivity index (χ3n) is 1.70. The number of ether oxygens (including phenoxy) is 1. The van der Waals surface area contributed by atoms with E-state index in [0.29, 0.717) is 6.61 Å². The number of hydrogen-bond donors (Lipinski definition) is 0. The number of esters is 1. The summed E-state index contributed by atoms with van der Waals surface area (Å²) in [6, 6.07) is 0. The quantitative estimate of drug-likeness (QED) is 0.587. The van der Waals surface area contributed by atoms with E-state index in [2.05, 4.69) is 6.92 Å². The largest absolute Gasteiger partial charge is 0.466 e. The predicted octanol–water partition coefficient (Wildman–Crippen LogP) is 2.38. The van der Waals surface area contributed by atoms with Gasteiger partial charge in [0.1, 0.15) is 0 Å². The van der Waals surface area contributed by atoms with Gasteiger partial charge in [-0.3, -0.25) is 4.79 Å². The standard InChI is InChI=1S/C9H18O2/c1-5-7-9(3,4)8(10)11-6-2/h5-7H2,1-4H3. The van der Waals surface area contributed by atoms with Crippen molar-refractivity contribution in [1.82, 2.24) is 0 Å². The fraction of sp³-hybridized carbons (Fsp3) is 0.889. The van der Waals surface area contributed by atoms with Gasteiger partial charge >= 0.3 is 5.97 Å². The van der Waals surface area contributed by atoms with Crippen molar-refractivity contribution in [3.63, 3.8) is 0 Å². The molecule has 0 saturated carbocycles. The fourth-order valence-corrected chi connectivity index (χ4v) is 1.05. The number of carbonyl (C=O) groups excluding carboxylic acids is 1. The van der Waals surface area contributed by atoms with Crippen molar-refractivity contribution >= 4 is 5.97 Å². The summed E-state index contributed by atoms with van der Waals surface area (Å²) in [5.74, 6) is -0.0816. The molecule has 0 aliphatic carbocycles. The van der Waals surface area contributed by atoms with Crippen LogP contribution in [0.15, 0.2) is 0 Å². The normalized spacial score (nSPS) is 11.3. The van der Waals surface area contributed by atoms with Crippen molar-refractivity contribution in [2.45, 2.75) is 40.5 Å². The highest BCUT2D eigenvalue weighted by atomic mass is 16.5. The molecule has 0 aromatic heterocycles. The van der Waals surface area contributed by atoms with Crippen LogP contribution in [0.1, 0.15) is 40.5 Å². The molecule has 0 radical (unpaired) electrons. The van der Waals surface area contributed by atoms with Crippen LogP contribution in [-0.4, -0.2) is 12.6 Å². The second-order valence-corrected chi connectivity index (χ2v) is 3.35. The summed E-state index contributed by atoms with van der Waals surface area (Å²) >= 11 is 0. The molecule has 11 heavy (non-hydrogen) atoms. The van der Waals surface area contributed by atoms with E-state index >= 15 is 0 Å². The monoisotopic (exact) mass is 158 g/mol. The lowest BCUT2D eigenvalue weighted by molar-refractivity contribution is -0.153. The Morgan fingerprint density at radius 3 is 2.27 bits per heavy atom. The van der Waals surface area contributed by atoms with Gasteiger partial charge in [0, 0.05) is 0 Å². The lowest BCUT2D eigenvalue weighted by Crippen LogP contribution is -2.26. The van der Waals surface area contributed by atoms with E-state index in [1.54, 1.807) is 0 Å². The van der Waals surface area contributed by atoms with Gasteiger partial charge in [0.2, 0.25) is 0 Å². The Morgan fingerprint density at radius 2 is 1.91 bits per heavy atom. The number of hydrogen-bond acceptors (Lipinski definition) is 2. The van der Waals surface area contributed by atoms with Crippen LogP contribution in [0.5, 0.6) is 0 Å². The smallest absolute Gasteiger partial charge is 0.311 e. The van der Waals surface area contributed by atoms with E-state index in [1.165, 1.54) is 0 Å². The fourth-order valence-electron chi connectivity index (χ4n) is 1.05. The number of carbonyl (C=O) groups is 1. The lowest BCUT2D eigenvalue weighted by Gasteiger charge is -2.20. The molecule has 0 rings (SSSR count). The zero-order chi connectivity index (χ0) is 8.91. The molecule has 0 fully saturated rings. The predicted molar refractivity (Wildman–Crippen MR) is 45.3 cm³/mol. The molecule has 0 atom stereocenters. The highest BCUT2D eigenvalue weighted by molar-refractivity contribution is 5.75. The van der Waals surface area contributed by atoms with Crippen LogP contribution < -0.4 is 0 Å². The van der Waals surface area contributed by atoms with Crippen LogP contribution in [0.4, 0.5) is 0 Å². The zero-order valence-corrected chi connectivity index (χ0v) is 7.94. The van der Waals surface area contributed by atoms with Crippen LogP contribution in [0.25, 0.3) is 0 Å². The second kappa shape index (κ2) is 4.37. The molecule has 0 aliphatic rings. The minimum Gasteiger partial charge on any atom is -0.466 e. The summed E-state index contributed by atoms with van der Waals surface area (Å²) in [7, 11) is 0. The minimum atomic E-state index is -0.301. The first-order valence-electron chi connectivity index (χ1n) is 4.21. The molecule has 66 valence electrons. The summed E-state index contributed by atoms with van der Waals surface area (Å²) in [4.78, 5) is 11.2. The van der Waals surface area contributed by atoms with Crippen LogP contribution in [0, 0.1) is 5.41 Å². The maximum absolute atomic E-state index is 11.2. The average molecular weight is 158 g/mol. The molecule has 2 nitrogen and oxygen atoms in total. The average Bonchev–Trinajstić information content (AvgIpc) is 1.88. The van der Waals surface area contributed by atoms with E-state index in [9.17, 15) is 4.79 Å². The maximum Gasteiger partial charge on any atom is 0.311 e. The second-order valence-electron chi connectivity index (χ2n) is 3.35. The van der Waals surface area contributed by atoms with E-state index in [-0.39, 0.29) is 11.4 Å². The molecule has 0 aliphatic heterocycles. The van der Waals surface area contributed by atoms with Crippen LogP contribution in [-0.2, 0) is 9.53 Å². The highest BCUT2D eigenvalue weighted by Crippen LogP contribution is 2.23. The SMILES string of the molecule is CCCC(C)(C)C(=O)OCC. The first kappa shape index (κ1) is 10.5. The van der Waals surface area contributed by atoms with E-state index in [1.807, 2.05) is 20.8 Å². The Bertz CT molecular complexity index is 128. The summed E-state index contributed by atoms with van der Waals surface area (Å²) in [6.45, 7) is 8.23. The molecular formula is C9H18O2. The number of rotatable bonds is 4. The summed E-state index contributed by atoms with van der Waals surface area (Å²) in [5.41, 5.74) is -0.301. The summed E-state index contributed by atoms with van der Waals surface area (Å²) in [6.07, 6.45) is 1.91.